The molecule has 1 saturated carbocycles. The number of carboxylic acid groups (broad SMARTS) is 1. The standard InChI is InChI=1S/C22H31N3O3/c1-22(2,3)17-5-7-18(8-6-17)28-21-24-14-16-12-15(4-9-19(16)25-21)13-23-11-10-20(26)27/h4,9,12,14,17-18,23H,5-8,10-11,13H2,1-3H3,(H,26,27). The Morgan fingerprint density at radius 1 is 1.25 bits per heavy atom. The van der Waals surface area contributed by atoms with E-state index >= 15 is 0 Å². The average Bonchev–Trinajstić information content (AvgIpc) is 2.65. The van der Waals surface area contributed by atoms with Crippen molar-refractivity contribution >= 4 is 16.9 Å². The molecular formula is C22H31N3O3. The van der Waals surface area contributed by atoms with Crippen LogP contribution in [0.2, 0.25) is 0 Å². The van der Waals surface area contributed by atoms with Gasteiger partial charge in [0.1, 0.15) is 6.10 Å². The van der Waals surface area contributed by atoms with Crippen LogP contribution in [-0.2, 0) is 11.3 Å². The van der Waals surface area contributed by atoms with Crippen LogP contribution in [0.3, 0.4) is 0 Å². The molecule has 2 N–H and O–H groups in total. The number of rotatable bonds is 7. The van der Waals surface area contributed by atoms with Crippen LogP contribution in [0.25, 0.3) is 10.9 Å². The van der Waals surface area contributed by atoms with Gasteiger partial charge in [-0.2, -0.15) is 4.98 Å². The number of aliphatic carboxylic acids is 1. The largest absolute Gasteiger partial charge is 0.481 e. The molecule has 28 heavy (non-hydrogen) atoms. The normalized spacial score (nSPS) is 20.2. The third-order valence-corrected chi connectivity index (χ3v) is 5.64. The SMILES string of the molecule is CC(C)(C)C1CCC(Oc2ncc3cc(CNCCC(=O)O)ccc3n2)CC1. The molecule has 1 aliphatic rings. The summed E-state index contributed by atoms with van der Waals surface area (Å²) in [6.45, 7) is 8.04. The summed E-state index contributed by atoms with van der Waals surface area (Å²) in [7, 11) is 0. The second-order valence-corrected chi connectivity index (χ2v) is 8.82. The van der Waals surface area contributed by atoms with E-state index in [1.165, 1.54) is 12.8 Å². The van der Waals surface area contributed by atoms with Crippen molar-refractivity contribution < 1.29 is 14.6 Å². The molecule has 0 bridgehead atoms. The van der Waals surface area contributed by atoms with Crippen molar-refractivity contribution in [1.82, 2.24) is 15.3 Å². The molecule has 6 nitrogen and oxygen atoms in total. The van der Waals surface area contributed by atoms with Crippen molar-refractivity contribution in [1.29, 1.82) is 0 Å². The molecule has 1 aromatic carbocycles. The predicted molar refractivity (Wildman–Crippen MR) is 109 cm³/mol. The Morgan fingerprint density at radius 3 is 2.68 bits per heavy atom. The van der Waals surface area contributed by atoms with E-state index in [2.05, 4.69) is 36.1 Å². The van der Waals surface area contributed by atoms with Crippen LogP contribution in [0.1, 0.15) is 58.4 Å². The van der Waals surface area contributed by atoms with Gasteiger partial charge in [-0.25, -0.2) is 4.98 Å². The van der Waals surface area contributed by atoms with E-state index < -0.39 is 5.97 Å². The van der Waals surface area contributed by atoms with E-state index in [0.717, 1.165) is 35.2 Å². The zero-order chi connectivity index (χ0) is 20.1. The minimum absolute atomic E-state index is 0.120. The first kappa shape index (κ1) is 20.5. The Hall–Kier alpha value is -2.21. The third kappa shape index (κ3) is 5.64. The van der Waals surface area contributed by atoms with Crippen molar-refractivity contribution in [2.45, 2.75) is 65.5 Å². The van der Waals surface area contributed by atoms with Crippen molar-refractivity contribution in [2.75, 3.05) is 6.54 Å². The number of ether oxygens (including phenoxy) is 1. The van der Waals surface area contributed by atoms with Gasteiger partial charge in [0, 0.05) is 24.7 Å². The van der Waals surface area contributed by atoms with E-state index in [4.69, 9.17) is 9.84 Å². The Bertz CT molecular complexity index is 808. The summed E-state index contributed by atoms with van der Waals surface area (Å²) in [4.78, 5) is 19.5. The molecule has 0 spiro atoms. The highest BCUT2D eigenvalue weighted by atomic mass is 16.5. The summed E-state index contributed by atoms with van der Waals surface area (Å²) in [6, 6.07) is 6.45. The molecule has 0 radical (unpaired) electrons. The van der Waals surface area contributed by atoms with Crippen molar-refractivity contribution in [3.05, 3.63) is 30.0 Å². The van der Waals surface area contributed by atoms with Gasteiger partial charge in [-0.15, -0.1) is 0 Å². The minimum atomic E-state index is -0.793. The second kappa shape index (κ2) is 8.86. The summed E-state index contributed by atoms with van der Waals surface area (Å²) >= 11 is 0. The van der Waals surface area contributed by atoms with Crippen LogP contribution in [0, 0.1) is 11.3 Å². The molecule has 0 amide bonds. The molecule has 0 saturated heterocycles. The Balaban J connectivity index is 1.56. The first-order chi connectivity index (χ1) is 13.3. The Morgan fingerprint density at radius 2 is 2.00 bits per heavy atom. The fraction of sp³-hybridized carbons (Fsp3) is 0.591. The lowest BCUT2D eigenvalue weighted by Gasteiger charge is -2.36. The molecule has 2 aromatic rings. The van der Waals surface area contributed by atoms with Gasteiger partial charge in [0.05, 0.1) is 11.9 Å². The van der Waals surface area contributed by atoms with Gasteiger partial charge in [0.25, 0.3) is 0 Å². The lowest BCUT2D eigenvalue weighted by atomic mass is 9.72. The molecule has 1 fully saturated rings. The van der Waals surface area contributed by atoms with Gasteiger partial charge in [-0.1, -0.05) is 26.8 Å². The highest BCUT2D eigenvalue weighted by molar-refractivity contribution is 5.78. The number of carboxylic acids is 1. The molecule has 3 rings (SSSR count). The maximum Gasteiger partial charge on any atom is 0.317 e. The monoisotopic (exact) mass is 385 g/mol. The summed E-state index contributed by atoms with van der Waals surface area (Å²) in [5, 5.41) is 12.8. The van der Waals surface area contributed by atoms with Gasteiger partial charge in [0.15, 0.2) is 0 Å². The minimum Gasteiger partial charge on any atom is -0.481 e. The lowest BCUT2D eigenvalue weighted by Crippen LogP contribution is -2.30. The molecule has 6 heteroatoms. The summed E-state index contributed by atoms with van der Waals surface area (Å²) in [6.07, 6.45) is 6.64. The van der Waals surface area contributed by atoms with E-state index in [1.807, 2.05) is 18.2 Å². The quantitative estimate of drug-likeness (QED) is 0.696. The number of benzene rings is 1. The van der Waals surface area contributed by atoms with Crippen molar-refractivity contribution in [2.24, 2.45) is 11.3 Å². The number of fused-ring (bicyclic) bond motifs is 1. The van der Waals surface area contributed by atoms with Gasteiger partial charge in [-0.3, -0.25) is 4.79 Å². The zero-order valence-corrected chi connectivity index (χ0v) is 17.1. The summed E-state index contributed by atoms with van der Waals surface area (Å²) < 4.78 is 6.07. The van der Waals surface area contributed by atoms with E-state index in [0.29, 0.717) is 24.5 Å². The zero-order valence-electron chi connectivity index (χ0n) is 17.1. The maximum atomic E-state index is 10.6. The van der Waals surface area contributed by atoms with Gasteiger partial charge in [0.2, 0.25) is 0 Å². The number of nitrogens with zero attached hydrogens (tertiary/aromatic N) is 2. The fourth-order valence-electron chi connectivity index (χ4n) is 3.86. The molecule has 1 heterocycles. The van der Waals surface area contributed by atoms with Gasteiger partial charge in [-0.05, 0) is 54.7 Å². The molecule has 0 atom stereocenters. The van der Waals surface area contributed by atoms with Crippen molar-refractivity contribution in [3.8, 4) is 6.01 Å². The van der Waals surface area contributed by atoms with E-state index in [-0.39, 0.29) is 12.5 Å². The number of hydrogen-bond acceptors (Lipinski definition) is 5. The van der Waals surface area contributed by atoms with Crippen LogP contribution in [-0.4, -0.2) is 33.7 Å². The van der Waals surface area contributed by atoms with Crippen LogP contribution in [0.15, 0.2) is 24.4 Å². The number of aromatic nitrogens is 2. The molecule has 0 aliphatic heterocycles. The molecule has 152 valence electrons. The highest BCUT2D eigenvalue weighted by Gasteiger charge is 2.30. The predicted octanol–water partition coefficient (Wildman–Crippen LogP) is 4.18. The van der Waals surface area contributed by atoms with Crippen LogP contribution in [0.5, 0.6) is 6.01 Å². The van der Waals surface area contributed by atoms with Crippen LogP contribution < -0.4 is 10.1 Å². The van der Waals surface area contributed by atoms with Gasteiger partial charge >= 0.3 is 12.0 Å². The first-order valence-corrected chi connectivity index (χ1v) is 10.2. The fourth-order valence-corrected chi connectivity index (χ4v) is 3.86. The maximum absolute atomic E-state index is 10.6. The van der Waals surface area contributed by atoms with Gasteiger partial charge < -0.3 is 15.2 Å². The van der Waals surface area contributed by atoms with Crippen molar-refractivity contribution in [3.63, 3.8) is 0 Å². The number of nitrogens with one attached hydrogen (secondary N) is 1. The Labute approximate surface area is 166 Å². The summed E-state index contributed by atoms with van der Waals surface area (Å²) in [5.41, 5.74) is 2.31. The number of hydrogen-bond donors (Lipinski definition) is 2. The highest BCUT2D eigenvalue weighted by Crippen LogP contribution is 2.38. The average molecular weight is 386 g/mol. The smallest absolute Gasteiger partial charge is 0.317 e. The molecule has 1 aliphatic carbocycles. The van der Waals surface area contributed by atoms with Crippen LogP contribution in [0.4, 0.5) is 0 Å². The topological polar surface area (TPSA) is 84.3 Å². The lowest BCUT2D eigenvalue weighted by molar-refractivity contribution is -0.136. The summed E-state index contributed by atoms with van der Waals surface area (Å²) in [5.74, 6) is -0.0359. The van der Waals surface area contributed by atoms with Crippen LogP contribution >= 0.6 is 0 Å². The van der Waals surface area contributed by atoms with E-state index in [9.17, 15) is 4.79 Å². The first-order valence-electron chi connectivity index (χ1n) is 10.2. The molecular weight excluding hydrogens is 354 g/mol. The second-order valence-electron chi connectivity index (χ2n) is 8.82. The number of carbonyl (C=O) groups is 1. The molecule has 0 unspecified atom stereocenters. The molecule has 1 aromatic heterocycles. The third-order valence-electron chi connectivity index (χ3n) is 5.64. The van der Waals surface area contributed by atoms with E-state index in [1.54, 1.807) is 6.20 Å². The Kier molecular flexibility index (Phi) is 6.50.